The lowest BCUT2D eigenvalue weighted by molar-refractivity contribution is -0.140. The summed E-state index contributed by atoms with van der Waals surface area (Å²) in [6.07, 6.45) is 4.16. The van der Waals surface area contributed by atoms with Gasteiger partial charge < -0.3 is 10.2 Å². The number of amides is 2. The van der Waals surface area contributed by atoms with E-state index >= 15 is 0 Å². The van der Waals surface area contributed by atoms with Gasteiger partial charge in [-0.2, -0.15) is 0 Å². The van der Waals surface area contributed by atoms with Crippen LogP contribution in [-0.4, -0.2) is 43.8 Å². The zero-order valence-corrected chi connectivity index (χ0v) is 28.7. The van der Waals surface area contributed by atoms with Crippen molar-refractivity contribution in [3.05, 3.63) is 130 Å². The molecule has 0 spiro atoms. The zero-order valence-electron chi connectivity index (χ0n) is 27.2. The lowest BCUT2D eigenvalue weighted by Gasteiger charge is -2.34. The molecule has 1 N–H and O–H groups in total. The largest absolute Gasteiger partial charge is 0.352 e. The molecule has 47 heavy (non-hydrogen) atoms. The Labute approximate surface area is 283 Å². The molecule has 1 aliphatic rings. The number of anilines is 1. The fraction of sp³-hybridized carbons (Fsp3) is 0.316. The number of aryl methyl sites for hydroxylation is 2. The summed E-state index contributed by atoms with van der Waals surface area (Å²) in [5.41, 5.74) is 4.54. The number of sulfonamides is 1. The van der Waals surface area contributed by atoms with Crippen LogP contribution in [-0.2, 0) is 32.6 Å². The van der Waals surface area contributed by atoms with Crippen molar-refractivity contribution >= 4 is 39.1 Å². The molecule has 0 saturated heterocycles. The number of hydrogen-bond acceptors (Lipinski definition) is 4. The summed E-state index contributed by atoms with van der Waals surface area (Å²) in [5.74, 6) is -0.740. The second-order valence-corrected chi connectivity index (χ2v) is 14.7. The summed E-state index contributed by atoms with van der Waals surface area (Å²) in [6.45, 7) is 5.20. The zero-order chi connectivity index (χ0) is 33.6. The van der Waals surface area contributed by atoms with Crippen LogP contribution in [0.4, 0.5) is 5.69 Å². The normalized spacial score (nSPS) is 14.0. The molecule has 1 fully saturated rings. The standard InChI is InChI=1S/C38H42ClN3O4S/c1-27-16-20-31(21-17-27)25-41(36(24-30-10-5-4-6-11-30)38(44)40-32-12-7-8-13-32)37(43)26-42(35-15-9-14-34(39)29(35)3)47(45,46)33-22-18-28(2)19-23-33/h4-6,9-11,14-23,32,36H,7-8,12-13,24-26H2,1-3H3,(H,40,44)/t36-/m1/s1. The number of halogens is 1. The van der Waals surface area contributed by atoms with Crippen LogP contribution in [0.1, 0.15) is 53.5 Å². The van der Waals surface area contributed by atoms with E-state index in [2.05, 4.69) is 5.32 Å². The van der Waals surface area contributed by atoms with E-state index in [0.29, 0.717) is 16.3 Å². The Morgan fingerprint density at radius 2 is 1.43 bits per heavy atom. The van der Waals surface area contributed by atoms with Crippen LogP contribution >= 0.6 is 11.6 Å². The SMILES string of the molecule is Cc1ccc(CN(C(=O)CN(c2cccc(Cl)c2C)S(=O)(=O)c2ccc(C)cc2)[C@H](Cc2ccccc2)C(=O)NC2CCCC2)cc1. The maximum Gasteiger partial charge on any atom is 0.264 e. The Kier molecular flexibility index (Phi) is 11.0. The Bertz CT molecular complexity index is 1790. The minimum absolute atomic E-state index is 0.0459. The third-order valence-electron chi connectivity index (χ3n) is 8.84. The van der Waals surface area contributed by atoms with E-state index in [1.807, 2.05) is 68.4 Å². The van der Waals surface area contributed by atoms with Gasteiger partial charge in [-0.05, 0) is 74.6 Å². The number of nitrogens with one attached hydrogen (secondary N) is 1. The monoisotopic (exact) mass is 671 g/mol. The first-order chi connectivity index (χ1) is 22.5. The maximum atomic E-state index is 14.7. The number of rotatable bonds is 12. The summed E-state index contributed by atoms with van der Waals surface area (Å²) in [5, 5.41) is 3.59. The quantitative estimate of drug-likeness (QED) is 0.173. The molecule has 0 unspecified atom stereocenters. The van der Waals surface area contributed by atoms with Crippen LogP contribution < -0.4 is 9.62 Å². The van der Waals surface area contributed by atoms with E-state index in [-0.39, 0.29) is 29.8 Å². The average molecular weight is 672 g/mol. The molecule has 4 aromatic carbocycles. The van der Waals surface area contributed by atoms with E-state index in [1.54, 1.807) is 54.3 Å². The molecule has 2 amide bonds. The van der Waals surface area contributed by atoms with Crippen molar-refractivity contribution in [2.45, 2.75) is 76.4 Å². The topological polar surface area (TPSA) is 86.8 Å². The van der Waals surface area contributed by atoms with Gasteiger partial charge in [0.25, 0.3) is 10.0 Å². The Balaban J connectivity index is 1.58. The third kappa shape index (κ3) is 8.42. The van der Waals surface area contributed by atoms with E-state index in [1.165, 1.54) is 0 Å². The molecule has 5 rings (SSSR count). The highest BCUT2D eigenvalue weighted by atomic mass is 35.5. The van der Waals surface area contributed by atoms with Crippen molar-refractivity contribution in [1.82, 2.24) is 10.2 Å². The number of nitrogens with zero attached hydrogens (tertiary/aromatic N) is 2. The number of carbonyl (C=O) groups is 2. The molecule has 9 heteroatoms. The third-order valence-corrected chi connectivity index (χ3v) is 11.0. The van der Waals surface area contributed by atoms with Crippen LogP contribution in [0.3, 0.4) is 0 Å². The molecule has 1 atom stereocenters. The van der Waals surface area contributed by atoms with Gasteiger partial charge in [0, 0.05) is 24.0 Å². The molecule has 246 valence electrons. The first kappa shape index (κ1) is 34.2. The van der Waals surface area contributed by atoms with Crippen molar-refractivity contribution in [3.8, 4) is 0 Å². The molecular weight excluding hydrogens is 630 g/mol. The first-order valence-corrected chi connectivity index (χ1v) is 17.9. The van der Waals surface area contributed by atoms with Crippen LogP contribution in [0, 0.1) is 20.8 Å². The van der Waals surface area contributed by atoms with Crippen molar-refractivity contribution in [2.24, 2.45) is 0 Å². The fourth-order valence-corrected chi connectivity index (χ4v) is 7.67. The van der Waals surface area contributed by atoms with Gasteiger partial charge in [-0.25, -0.2) is 8.42 Å². The van der Waals surface area contributed by atoms with E-state index < -0.39 is 28.5 Å². The predicted octanol–water partition coefficient (Wildman–Crippen LogP) is 7.16. The van der Waals surface area contributed by atoms with Gasteiger partial charge >= 0.3 is 0 Å². The average Bonchev–Trinajstić information content (AvgIpc) is 3.57. The lowest BCUT2D eigenvalue weighted by atomic mass is 10.0. The molecule has 1 aliphatic carbocycles. The highest BCUT2D eigenvalue weighted by molar-refractivity contribution is 7.92. The van der Waals surface area contributed by atoms with Gasteiger partial charge in [0.15, 0.2) is 0 Å². The number of carbonyl (C=O) groups excluding carboxylic acids is 2. The van der Waals surface area contributed by atoms with Crippen LogP contribution in [0.25, 0.3) is 0 Å². The highest BCUT2D eigenvalue weighted by Gasteiger charge is 2.36. The highest BCUT2D eigenvalue weighted by Crippen LogP contribution is 2.31. The van der Waals surface area contributed by atoms with Crippen LogP contribution in [0.15, 0.2) is 102 Å². The van der Waals surface area contributed by atoms with Crippen LogP contribution in [0.2, 0.25) is 5.02 Å². The van der Waals surface area contributed by atoms with Gasteiger partial charge in [-0.3, -0.25) is 13.9 Å². The second-order valence-electron chi connectivity index (χ2n) is 12.4. The summed E-state index contributed by atoms with van der Waals surface area (Å²) in [4.78, 5) is 30.4. The molecule has 4 aromatic rings. The molecule has 0 aromatic heterocycles. The summed E-state index contributed by atoms with van der Waals surface area (Å²) in [6, 6.07) is 28.1. The van der Waals surface area contributed by atoms with E-state index in [4.69, 9.17) is 11.6 Å². The molecule has 1 saturated carbocycles. The smallest absolute Gasteiger partial charge is 0.264 e. The van der Waals surface area contributed by atoms with Gasteiger partial charge in [0.1, 0.15) is 12.6 Å². The fourth-order valence-electron chi connectivity index (χ4n) is 6.03. The number of benzene rings is 4. The predicted molar refractivity (Wildman–Crippen MR) is 188 cm³/mol. The minimum Gasteiger partial charge on any atom is -0.352 e. The number of hydrogen-bond donors (Lipinski definition) is 1. The van der Waals surface area contributed by atoms with Gasteiger partial charge in [-0.1, -0.05) is 108 Å². The van der Waals surface area contributed by atoms with E-state index in [0.717, 1.165) is 52.2 Å². The molecule has 0 heterocycles. The Morgan fingerprint density at radius 1 is 0.809 bits per heavy atom. The van der Waals surface area contributed by atoms with E-state index in [9.17, 15) is 18.0 Å². The minimum atomic E-state index is -4.21. The van der Waals surface area contributed by atoms with Gasteiger partial charge in [-0.15, -0.1) is 0 Å². The second kappa shape index (κ2) is 15.2. The molecule has 7 nitrogen and oxygen atoms in total. The van der Waals surface area contributed by atoms with Crippen molar-refractivity contribution in [3.63, 3.8) is 0 Å². The Hall–Kier alpha value is -4.14. The Morgan fingerprint density at radius 3 is 2.06 bits per heavy atom. The van der Waals surface area contributed by atoms with Crippen molar-refractivity contribution in [1.29, 1.82) is 0 Å². The molecular formula is C38H42ClN3O4S. The van der Waals surface area contributed by atoms with Crippen molar-refractivity contribution < 1.29 is 18.0 Å². The molecule has 0 radical (unpaired) electrons. The lowest BCUT2D eigenvalue weighted by Crippen LogP contribution is -2.54. The van der Waals surface area contributed by atoms with Gasteiger partial charge in [0.2, 0.25) is 11.8 Å². The summed E-state index contributed by atoms with van der Waals surface area (Å²) in [7, 11) is -4.21. The van der Waals surface area contributed by atoms with Gasteiger partial charge in [0.05, 0.1) is 10.6 Å². The van der Waals surface area contributed by atoms with Crippen molar-refractivity contribution in [2.75, 3.05) is 10.8 Å². The molecule has 0 aliphatic heterocycles. The first-order valence-electron chi connectivity index (χ1n) is 16.1. The summed E-state index contributed by atoms with van der Waals surface area (Å²) < 4.78 is 29.8. The maximum absolute atomic E-state index is 14.7. The summed E-state index contributed by atoms with van der Waals surface area (Å²) >= 11 is 6.49. The van der Waals surface area contributed by atoms with Crippen LogP contribution in [0.5, 0.6) is 0 Å². The molecule has 0 bridgehead atoms.